The van der Waals surface area contributed by atoms with E-state index in [0.717, 1.165) is 13.1 Å². The van der Waals surface area contributed by atoms with Crippen LogP contribution >= 0.6 is 0 Å². The van der Waals surface area contributed by atoms with Crippen LogP contribution in [-0.2, 0) is 23.9 Å². The van der Waals surface area contributed by atoms with E-state index in [1.807, 2.05) is 45.0 Å². The summed E-state index contributed by atoms with van der Waals surface area (Å²) in [4.78, 5) is 51.2. The quantitative estimate of drug-likeness (QED) is 0.292. The summed E-state index contributed by atoms with van der Waals surface area (Å²) in [5.74, 6) is -1.78. The van der Waals surface area contributed by atoms with E-state index >= 15 is 0 Å². The number of carbonyl (C=O) groups is 3. The second kappa shape index (κ2) is 14.3. The third kappa shape index (κ3) is 5.98. The largest absolute Gasteiger partial charge is 0.494 e. The summed E-state index contributed by atoms with van der Waals surface area (Å²) in [6.07, 6.45) is 4.81. The average Bonchev–Trinajstić information content (AvgIpc) is 3.64. The summed E-state index contributed by atoms with van der Waals surface area (Å²) >= 11 is 0. The zero-order valence-electron chi connectivity index (χ0n) is 27.6. The van der Waals surface area contributed by atoms with Gasteiger partial charge in [-0.2, -0.15) is 0 Å². The first-order chi connectivity index (χ1) is 22.2. The summed E-state index contributed by atoms with van der Waals surface area (Å²) in [7, 11) is 0. The Morgan fingerprint density at radius 1 is 1.11 bits per heavy atom. The standard InChI is InChI=1S/C35H50N4O7/c1-6-16-37(19-18-36-20-22-44-23-21-36)33(43)30-35-15-14-34(5,46-35)28(29(35)32(42)39(30)25(8-3)24-40)31(41)38(17-7-2)26-10-12-27(13-11-26)45-9-4/h6-7,10-13,25,28-30,40H,1-2,8-9,14-24H2,3-5H3/t25-,28+,29-,30?,34-,35?/m0/s1. The van der Waals surface area contributed by atoms with Crippen molar-refractivity contribution in [3.8, 4) is 5.75 Å². The van der Waals surface area contributed by atoms with Crippen LogP contribution in [0.5, 0.6) is 5.75 Å². The van der Waals surface area contributed by atoms with Gasteiger partial charge in [-0.25, -0.2) is 0 Å². The van der Waals surface area contributed by atoms with Crippen molar-refractivity contribution in [3.05, 3.63) is 49.6 Å². The van der Waals surface area contributed by atoms with Crippen LogP contribution in [0.15, 0.2) is 49.6 Å². The molecule has 4 saturated heterocycles. The monoisotopic (exact) mass is 638 g/mol. The number of likely N-dealkylation sites (tertiary alicyclic amines) is 1. The highest BCUT2D eigenvalue weighted by atomic mass is 16.5. The number of ether oxygens (including phenoxy) is 3. The molecule has 3 amide bonds. The van der Waals surface area contributed by atoms with Crippen molar-refractivity contribution in [2.75, 3.05) is 70.6 Å². The average molecular weight is 639 g/mol. The Bertz CT molecular complexity index is 1280. The Kier molecular flexibility index (Phi) is 10.6. The topological polar surface area (TPSA) is 112 Å². The molecule has 0 aliphatic carbocycles. The van der Waals surface area contributed by atoms with E-state index in [1.54, 1.807) is 26.9 Å². The second-order valence-corrected chi connectivity index (χ2v) is 12.9. The highest BCUT2D eigenvalue weighted by Gasteiger charge is 2.78. The van der Waals surface area contributed by atoms with Gasteiger partial charge in [-0.3, -0.25) is 19.3 Å². The molecular weight excluding hydrogens is 588 g/mol. The minimum atomic E-state index is -1.19. The number of benzene rings is 1. The van der Waals surface area contributed by atoms with E-state index in [9.17, 15) is 19.5 Å². The van der Waals surface area contributed by atoms with Crippen LogP contribution in [-0.4, -0.2) is 127 Å². The van der Waals surface area contributed by atoms with E-state index in [2.05, 4.69) is 18.1 Å². The molecule has 4 aliphatic heterocycles. The van der Waals surface area contributed by atoms with Crippen LogP contribution in [0.4, 0.5) is 5.69 Å². The third-order valence-corrected chi connectivity index (χ3v) is 10.3. The van der Waals surface area contributed by atoms with Gasteiger partial charge in [-0.15, -0.1) is 13.2 Å². The zero-order chi connectivity index (χ0) is 33.1. The number of fused-ring (bicyclic) bond motifs is 1. The number of anilines is 1. The SMILES string of the molecule is C=CCN(CCN1CCOCC1)C(=O)C1N([C@@H](CC)CO)C(=O)[C@@H]2[C@H](C(=O)N(CC=C)c3ccc(OCC)cc3)[C@]3(C)CCC12O3. The molecule has 11 nitrogen and oxygen atoms in total. The summed E-state index contributed by atoms with van der Waals surface area (Å²) in [5, 5.41) is 10.5. The highest BCUT2D eigenvalue weighted by Crippen LogP contribution is 2.64. The lowest BCUT2D eigenvalue weighted by molar-refractivity contribution is -0.154. The maximum atomic E-state index is 14.7. The predicted octanol–water partition coefficient (Wildman–Crippen LogP) is 2.49. The van der Waals surface area contributed by atoms with Gasteiger partial charge in [0.15, 0.2) is 0 Å². The summed E-state index contributed by atoms with van der Waals surface area (Å²) in [6, 6.07) is 5.73. The first kappa shape index (κ1) is 34.1. The lowest BCUT2D eigenvalue weighted by Crippen LogP contribution is -2.59. The maximum Gasteiger partial charge on any atom is 0.248 e. The van der Waals surface area contributed by atoms with E-state index in [0.29, 0.717) is 70.2 Å². The van der Waals surface area contributed by atoms with Gasteiger partial charge in [0.05, 0.1) is 49.9 Å². The molecule has 0 aromatic heterocycles. The number of nitrogens with zero attached hydrogens (tertiary/aromatic N) is 4. The number of hydrogen-bond acceptors (Lipinski definition) is 8. The first-order valence-corrected chi connectivity index (χ1v) is 16.7. The number of hydrogen-bond donors (Lipinski definition) is 1. The van der Waals surface area contributed by atoms with Gasteiger partial charge in [-0.1, -0.05) is 19.1 Å². The van der Waals surface area contributed by atoms with Gasteiger partial charge in [0.2, 0.25) is 17.7 Å². The predicted molar refractivity (Wildman–Crippen MR) is 174 cm³/mol. The van der Waals surface area contributed by atoms with E-state index < -0.39 is 35.1 Å². The Morgan fingerprint density at radius 2 is 1.80 bits per heavy atom. The van der Waals surface area contributed by atoms with Crippen LogP contribution in [0.2, 0.25) is 0 Å². The summed E-state index contributed by atoms with van der Waals surface area (Å²) in [5.41, 5.74) is -1.47. The molecule has 252 valence electrons. The smallest absolute Gasteiger partial charge is 0.248 e. The molecule has 1 aromatic carbocycles. The number of rotatable bonds is 15. The molecule has 4 fully saturated rings. The van der Waals surface area contributed by atoms with Crippen molar-refractivity contribution in [3.63, 3.8) is 0 Å². The van der Waals surface area contributed by atoms with Gasteiger partial charge < -0.3 is 34.0 Å². The Morgan fingerprint density at radius 3 is 2.41 bits per heavy atom. The number of carbonyl (C=O) groups excluding carboxylic acids is 3. The molecule has 2 bridgehead atoms. The number of amides is 3. The minimum absolute atomic E-state index is 0.234. The first-order valence-electron chi connectivity index (χ1n) is 16.7. The summed E-state index contributed by atoms with van der Waals surface area (Å²) < 4.78 is 18.0. The normalized spacial score (nSPS) is 29.3. The van der Waals surface area contributed by atoms with Crippen LogP contribution in [0.25, 0.3) is 0 Å². The third-order valence-electron chi connectivity index (χ3n) is 10.3. The van der Waals surface area contributed by atoms with Crippen molar-refractivity contribution >= 4 is 23.4 Å². The van der Waals surface area contributed by atoms with E-state index in [4.69, 9.17) is 14.2 Å². The number of aliphatic hydroxyl groups excluding tert-OH is 1. The second-order valence-electron chi connectivity index (χ2n) is 12.9. The lowest BCUT2D eigenvalue weighted by atomic mass is 9.66. The van der Waals surface area contributed by atoms with Crippen LogP contribution in [0.1, 0.15) is 40.0 Å². The van der Waals surface area contributed by atoms with Crippen LogP contribution in [0, 0.1) is 11.8 Å². The van der Waals surface area contributed by atoms with Crippen molar-refractivity contribution < 1.29 is 33.7 Å². The fourth-order valence-electron chi connectivity index (χ4n) is 8.04. The molecule has 1 N–H and O–H groups in total. The Balaban J connectivity index is 1.51. The fourth-order valence-corrected chi connectivity index (χ4v) is 8.04. The van der Waals surface area contributed by atoms with Crippen molar-refractivity contribution in [2.45, 2.75) is 63.3 Å². The van der Waals surface area contributed by atoms with Gasteiger partial charge in [0, 0.05) is 45.0 Å². The van der Waals surface area contributed by atoms with E-state index in [-0.39, 0.29) is 30.9 Å². The molecule has 46 heavy (non-hydrogen) atoms. The fraction of sp³-hybridized carbons (Fsp3) is 0.629. The van der Waals surface area contributed by atoms with Gasteiger partial charge in [-0.05, 0) is 57.4 Å². The maximum absolute atomic E-state index is 14.7. The molecule has 11 heteroatoms. The van der Waals surface area contributed by atoms with Gasteiger partial charge in [0.25, 0.3) is 0 Å². The molecule has 0 radical (unpaired) electrons. The molecule has 1 aromatic rings. The molecular formula is C35H50N4O7. The number of aliphatic hydroxyl groups is 1. The van der Waals surface area contributed by atoms with Crippen LogP contribution in [0.3, 0.4) is 0 Å². The van der Waals surface area contributed by atoms with Crippen LogP contribution < -0.4 is 9.64 Å². The van der Waals surface area contributed by atoms with Crippen molar-refractivity contribution in [2.24, 2.45) is 11.8 Å². The molecule has 4 heterocycles. The minimum Gasteiger partial charge on any atom is -0.494 e. The van der Waals surface area contributed by atoms with E-state index in [1.165, 1.54) is 0 Å². The Hall–Kier alpha value is -3.25. The molecule has 4 aliphatic rings. The zero-order valence-corrected chi connectivity index (χ0v) is 27.6. The Labute approximate surface area is 272 Å². The summed E-state index contributed by atoms with van der Waals surface area (Å²) in [6.45, 7) is 18.3. The van der Waals surface area contributed by atoms with Gasteiger partial charge in [0.1, 0.15) is 17.4 Å². The molecule has 5 rings (SSSR count). The van der Waals surface area contributed by atoms with Gasteiger partial charge >= 0.3 is 0 Å². The molecule has 1 spiro atoms. The van der Waals surface area contributed by atoms with Crippen molar-refractivity contribution in [1.29, 1.82) is 0 Å². The molecule has 2 unspecified atom stereocenters. The highest BCUT2D eigenvalue weighted by molar-refractivity contribution is 6.03. The van der Waals surface area contributed by atoms with Crippen molar-refractivity contribution in [1.82, 2.24) is 14.7 Å². The lowest BCUT2D eigenvalue weighted by Gasteiger charge is -2.39. The molecule has 6 atom stereocenters. The number of morpholine rings is 1. The molecule has 0 saturated carbocycles.